The van der Waals surface area contributed by atoms with Gasteiger partial charge in [-0.25, -0.2) is 0 Å². The molecule has 2 aromatic rings. The number of nitrogens with one attached hydrogen (secondary N) is 2. The molecular weight excluding hydrogens is 390 g/mol. The average Bonchev–Trinajstić information content (AvgIpc) is 3.31. The van der Waals surface area contributed by atoms with E-state index in [1.54, 1.807) is 17.1 Å². The second-order valence-electron chi connectivity index (χ2n) is 6.64. The summed E-state index contributed by atoms with van der Waals surface area (Å²) in [5.74, 6) is 0. The number of H-pyrrole nitrogens is 1. The van der Waals surface area contributed by atoms with E-state index in [0.717, 1.165) is 21.2 Å². The summed E-state index contributed by atoms with van der Waals surface area (Å²) >= 11 is 7.55. The number of nitrogens with zero attached hydrogens (tertiary/aromatic N) is 3. The van der Waals surface area contributed by atoms with Crippen LogP contribution in [-0.4, -0.2) is 62.0 Å². The summed E-state index contributed by atoms with van der Waals surface area (Å²) in [6, 6.07) is 1.55. The molecule has 0 bridgehead atoms. The summed E-state index contributed by atoms with van der Waals surface area (Å²) in [6.45, 7) is 1.14. The van der Waals surface area contributed by atoms with Crippen molar-refractivity contribution in [2.24, 2.45) is 0 Å². The molecule has 27 heavy (non-hydrogen) atoms. The summed E-state index contributed by atoms with van der Waals surface area (Å²) in [5.41, 5.74) is 1.34. The minimum atomic E-state index is -0.791. The molecule has 3 N–H and O–H groups in total. The molecule has 0 radical (unpaired) electrons. The third-order valence-electron chi connectivity index (χ3n) is 4.88. The van der Waals surface area contributed by atoms with Gasteiger partial charge in [0.15, 0.2) is 0 Å². The van der Waals surface area contributed by atoms with Gasteiger partial charge in [-0.1, -0.05) is 23.4 Å². The number of aromatic nitrogens is 4. The number of allylic oxidation sites excluding steroid dienone is 1. The lowest BCUT2D eigenvalue weighted by molar-refractivity contribution is -0.266. The van der Waals surface area contributed by atoms with Gasteiger partial charge in [-0.2, -0.15) is 10.2 Å². The first kappa shape index (κ1) is 17.3. The van der Waals surface area contributed by atoms with Crippen LogP contribution in [0.4, 0.5) is 0 Å². The monoisotopic (exact) mass is 407 g/mol. The maximum Gasteiger partial charge on any atom is 0.136 e. The molecule has 0 amide bonds. The third-order valence-corrected chi connectivity index (χ3v) is 6.25. The normalized spacial score (nSPS) is 32.7. The first-order valence-corrected chi connectivity index (χ1v) is 9.90. The minimum absolute atomic E-state index is 0.0627. The number of rotatable bonds is 4. The molecule has 5 unspecified atom stereocenters. The topological polar surface area (TPSA) is 97.2 Å². The number of aliphatic hydroxyl groups is 1. The van der Waals surface area contributed by atoms with E-state index < -0.39 is 11.5 Å². The molecule has 8 nitrogen and oxygen atoms in total. The second-order valence-corrected chi connectivity index (χ2v) is 8.30. The Balaban J connectivity index is 1.39. The van der Waals surface area contributed by atoms with Crippen molar-refractivity contribution < 1.29 is 14.6 Å². The molecule has 2 fully saturated rings. The maximum absolute atomic E-state index is 11.0. The van der Waals surface area contributed by atoms with Gasteiger partial charge in [0, 0.05) is 34.1 Å². The molecule has 142 valence electrons. The standard InChI is InChI=1S/C17H18ClN5O3S/c18-10-3-11(6-19-5-10)27-17-15(24)14(16-13(26-17)8-25-16)23-7-9(4-21-23)12-1-2-20-22-12/h1-4,6-7,13-17,19,24H,5,8H2,(H,20,22). The summed E-state index contributed by atoms with van der Waals surface area (Å²) in [7, 11) is 0. The largest absolute Gasteiger partial charge is 0.387 e. The van der Waals surface area contributed by atoms with Crippen LogP contribution in [0.15, 0.2) is 46.9 Å². The van der Waals surface area contributed by atoms with E-state index >= 15 is 0 Å². The van der Waals surface area contributed by atoms with Crippen LogP contribution < -0.4 is 5.32 Å². The lowest BCUT2D eigenvalue weighted by Gasteiger charge is -2.50. The summed E-state index contributed by atoms with van der Waals surface area (Å²) in [5, 5.41) is 26.2. The fourth-order valence-corrected chi connectivity index (χ4v) is 4.88. The third kappa shape index (κ3) is 3.19. The Kier molecular flexibility index (Phi) is 4.49. The van der Waals surface area contributed by atoms with Gasteiger partial charge in [-0.05, 0) is 12.1 Å². The smallest absolute Gasteiger partial charge is 0.136 e. The first-order chi connectivity index (χ1) is 13.2. The van der Waals surface area contributed by atoms with Crippen molar-refractivity contribution in [3.63, 3.8) is 0 Å². The van der Waals surface area contributed by atoms with Crippen molar-refractivity contribution in [1.29, 1.82) is 0 Å². The van der Waals surface area contributed by atoms with Gasteiger partial charge in [0.2, 0.25) is 0 Å². The maximum atomic E-state index is 11.0. The van der Waals surface area contributed by atoms with Crippen LogP contribution in [0.25, 0.3) is 11.3 Å². The zero-order valence-electron chi connectivity index (χ0n) is 14.2. The molecule has 0 saturated carbocycles. The highest BCUT2D eigenvalue weighted by atomic mass is 35.5. The Morgan fingerprint density at radius 1 is 1.41 bits per heavy atom. The Bertz CT molecular complexity index is 883. The van der Waals surface area contributed by atoms with Gasteiger partial charge < -0.3 is 19.9 Å². The summed E-state index contributed by atoms with van der Waals surface area (Å²) in [4.78, 5) is 0.923. The van der Waals surface area contributed by atoms with Crippen molar-refractivity contribution in [2.75, 3.05) is 13.2 Å². The lowest BCUT2D eigenvalue weighted by atomic mass is 9.93. The van der Waals surface area contributed by atoms with Gasteiger partial charge in [0.25, 0.3) is 0 Å². The van der Waals surface area contributed by atoms with Crippen LogP contribution in [-0.2, 0) is 9.47 Å². The number of hydrogen-bond acceptors (Lipinski definition) is 7. The average molecular weight is 408 g/mol. The minimum Gasteiger partial charge on any atom is -0.387 e. The van der Waals surface area contributed by atoms with Crippen molar-refractivity contribution in [3.05, 3.63) is 46.9 Å². The van der Waals surface area contributed by atoms with Crippen LogP contribution in [0.2, 0.25) is 0 Å². The number of aliphatic hydroxyl groups excluding tert-OH is 1. The number of dihydropyridines is 1. The van der Waals surface area contributed by atoms with E-state index in [2.05, 4.69) is 20.6 Å². The van der Waals surface area contributed by atoms with Gasteiger partial charge in [0.05, 0.1) is 25.0 Å². The highest BCUT2D eigenvalue weighted by Gasteiger charge is 2.52. The van der Waals surface area contributed by atoms with Crippen LogP contribution in [0.3, 0.4) is 0 Å². The molecule has 0 spiro atoms. The van der Waals surface area contributed by atoms with Gasteiger partial charge in [-0.3, -0.25) is 9.78 Å². The van der Waals surface area contributed by atoms with Crippen molar-refractivity contribution >= 4 is 23.4 Å². The van der Waals surface area contributed by atoms with Crippen molar-refractivity contribution in [1.82, 2.24) is 25.3 Å². The fraction of sp³-hybridized carbons (Fsp3) is 0.412. The fourth-order valence-electron chi connectivity index (χ4n) is 3.49. The van der Waals surface area contributed by atoms with Gasteiger partial charge in [-0.15, -0.1) is 0 Å². The number of thioether (sulfide) groups is 1. The molecule has 0 aliphatic carbocycles. The van der Waals surface area contributed by atoms with Gasteiger partial charge >= 0.3 is 0 Å². The van der Waals surface area contributed by atoms with E-state index in [4.69, 9.17) is 21.1 Å². The van der Waals surface area contributed by atoms with E-state index in [0.29, 0.717) is 13.2 Å². The van der Waals surface area contributed by atoms with E-state index in [9.17, 15) is 5.11 Å². The Morgan fingerprint density at radius 3 is 3.07 bits per heavy atom. The van der Waals surface area contributed by atoms with Gasteiger partial charge in [0.1, 0.15) is 29.8 Å². The number of hydrogen-bond donors (Lipinski definition) is 3. The molecule has 0 aromatic carbocycles. The van der Waals surface area contributed by atoms with Crippen LogP contribution in [0.1, 0.15) is 6.04 Å². The molecule has 5 atom stereocenters. The van der Waals surface area contributed by atoms with Crippen molar-refractivity contribution in [3.8, 4) is 11.3 Å². The summed E-state index contributed by atoms with van der Waals surface area (Å²) in [6.07, 6.45) is 8.04. The zero-order valence-corrected chi connectivity index (χ0v) is 15.7. The van der Waals surface area contributed by atoms with Crippen LogP contribution >= 0.6 is 23.4 Å². The predicted octanol–water partition coefficient (Wildman–Crippen LogP) is 1.60. The van der Waals surface area contributed by atoms with E-state index in [1.165, 1.54) is 11.8 Å². The van der Waals surface area contributed by atoms with E-state index in [1.807, 2.05) is 24.5 Å². The summed E-state index contributed by atoms with van der Waals surface area (Å²) < 4.78 is 13.5. The SMILES string of the molecule is OC1C(SC2=CNCC(Cl)=C2)OC2COC2C1n1cc(-c2ccn[nH]2)cn1. The van der Waals surface area contributed by atoms with Crippen molar-refractivity contribution in [2.45, 2.75) is 29.8 Å². The highest BCUT2D eigenvalue weighted by Crippen LogP contribution is 2.43. The van der Waals surface area contributed by atoms with Crippen LogP contribution in [0, 0.1) is 0 Å². The molecule has 10 heteroatoms. The molecule has 3 aliphatic rings. The number of halogens is 1. The molecule has 3 aliphatic heterocycles. The molecular formula is C17H18ClN5O3S. The Morgan fingerprint density at radius 2 is 2.33 bits per heavy atom. The number of fused-ring (bicyclic) bond motifs is 1. The lowest BCUT2D eigenvalue weighted by Crippen LogP contribution is -2.62. The second kappa shape index (κ2) is 6.99. The van der Waals surface area contributed by atoms with E-state index in [-0.39, 0.29) is 18.2 Å². The molecule has 2 saturated heterocycles. The number of aromatic amines is 1. The molecule has 5 heterocycles. The van der Waals surface area contributed by atoms with Crippen LogP contribution in [0.5, 0.6) is 0 Å². The zero-order chi connectivity index (χ0) is 18.4. The molecule has 2 aromatic heterocycles. The molecule has 5 rings (SSSR count). The first-order valence-electron chi connectivity index (χ1n) is 8.64. The highest BCUT2D eigenvalue weighted by molar-refractivity contribution is 8.03. The quantitative estimate of drug-likeness (QED) is 0.708. The Labute approximate surface area is 164 Å². The Hall–Kier alpha value is -1.78. The number of ether oxygens (including phenoxy) is 2. The predicted molar refractivity (Wildman–Crippen MR) is 101 cm³/mol.